The van der Waals surface area contributed by atoms with Crippen LogP contribution >= 0.6 is 23.4 Å². The minimum Gasteiger partial charge on any atom is -0.494 e. The van der Waals surface area contributed by atoms with Gasteiger partial charge in [-0.3, -0.25) is 0 Å². The third-order valence-electron chi connectivity index (χ3n) is 1.86. The van der Waals surface area contributed by atoms with Gasteiger partial charge in [-0.1, -0.05) is 0 Å². The van der Waals surface area contributed by atoms with Gasteiger partial charge in [0, 0.05) is 10.8 Å². The van der Waals surface area contributed by atoms with Crippen LogP contribution in [0.5, 0.6) is 5.75 Å². The van der Waals surface area contributed by atoms with Gasteiger partial charge in [-0.15, -0.1) is 23.4 Å². The summed E-state index contributed by atoms with van der Waals surface area (Å²) in [6.07, 6.45) is 4.11. The highest BCUT2D eigenvalue weighted by Gasteiger charge is 1.94. The molecule has 0 heterocycles. The Kier molecular flexibility index (Phi) is 5.88. The fourth-order valence-electron chi connectivity index (χ4n) is 1.06. The minimum atomic E-state index is 0.717. The van der Waals surface area contributed by atoms with E-state index in [2.05, 4.69) is 18.4 Å². The molecule has 0 atom stereocenters. The molecular formula is C11H15ClOS. The van der Waals surface area contributed by atoms with Gasteiger partial charge < -0.3 is 4.74 Å². The van der Waals surface area contributed by atoms with E-state index in [1.54, 1.807) is 11.8 Å². The summed E-state index contributed by atoms with van der Waals surface area (Å²) in [7, 11) is 0. The van der Waals surface area contributed by atoms with Gasteiger partial charge in [0.2, 0.25) is 0 Å². The Morgan fingerprint density at radius 1 is 1.21 bits per heavy atom. The van der Waals surface area contributed by atoms with Crippen molar-refractivity contribution in [2.75, 3.05) is 18.7 Å². The van der Waals surface area contributed by atoms with Crippen molar-refractivity contribution in [1.29, 1.82) is 0 Å². The number of hydrogen-bond donors (Lipinski definition) is 0. The molecule has 1 aromatic rings. The Morgan fingerprint density at radius 3 is 2.50 bits per heavy atom. The predicted molar refractivity (Wildman–Crippen MR) is 63.7 cm³/mol. The van der Waals surface area contributed by atoms with Crippen molar-refractivity contribution in [2.45, 2.75) is 17.7 Å². The largest absolute Gasteiger partial charge is 0.494 e. The first-order valence-corrected chi connectivity index (χ1v) is 6.45. The number of rotatable bonds is 6. The van der Waals surface area contributed by atoms with E-state index in [9.17, 15) is 0 Å². The highest BCUT2D eigenvalue weighted by molar-refractivity contribution is 7.98. The number of alkyl halides is 1. The zero-order valence-corrected chi connectivity index (χ0v) is 9.90. The third kappa shape index (κ3) is 4.25. The van der Waals surface area contributed by atoms with Crippen LogP contribution in [0.1, 0.15) is 12.8 Å². The summed E-state index contributed by atoms with van der Waals surface area (Å²) in [5.41, 5.74) is 0. The maximum atomic E-state index is 5.56. The average Bonchev–Trinajstić information content (AvgIpc) is 2.25. The molecule has 14 heavy (non-hydrogen) atoms. The number of halogens is 1. The summed E-state index contributed by atoms with van der Waals surface area (Å²) in [6, 6.07) is 8.15. The highest BCUT2D eigenvalue weighted by atomic mass is 35.5. The van der Waals surface area contributed by atoms with E-state index in [4.69, 9.17) is 16.3 Å². The fraction of sp³-hybridized carbons (Fsp3) is 0.455. The van der Waals surface area contributed by atoms with Gasteiger partial charge in [-0.25, -0.2) is 0 Å². The van der Waals surface area contributed by atoms with Crippen LogP contribution in [0.15, 0.2) is 29.2 Å². The zero-order chi connectivity index (χ0) is 10.2. The van der Waals surface area contributed by atoms with Crippen molar-refractivity contribution in [2.24, 2.45) is 0 Å². The Bertz CT molecular complexity index is 248. The van der Waals surface area contributed by atoms with Crippen LogP contribution in [0.25, 0.3) is 0 Å². The molecule has 1 rings (SSSR count). The van der Waals surface area contributed by atoms with Crippen LogP contribution in [0.4, 0.5) is 0 Å². The molecule has 0 unspecified atom stereocenters. The Labute approximate surface area is 94.8 Å². The molecule has 0 spiro atoms. The van der Waals surface area contributed by atoms with E-state index in [0.29, 0.717) is 0 Å². The molecule has 0 aromatic heterocycles. The minimum absolute atomic E-state index is 0.717. The molecule has 0 radical (unpaired) electrons. The smallest absolute Gasteiger partial charge is 0.119 e. The molecule has 0 saturated carbocycles. The van der Waals surface area contributed by atoms with Crippen LogP contribution in [0.2, 0.25) is 0 Å². The van der Waals surface area contributed by atoms with E-state index >= 15 is 0 Å². The molecule has 0 bridgehead atoms. The first-order chi connectivity index (χ1) is 6.86. The number of ether oxygens (including phenoxy) is 1. The van der Waals surface area contributed by atoms with E-state index in [0.717, 1.165) is 31.1 Å². The molecule has 1 aromatic carbocycles. The Morgan fingerprint density at radius 2 is 1.93 bits per heavy atom. The summed E-state index contributed by atoms with van der Waals surface area (Å²) < 4.78 is 5.54. The maximum absolute atomic E-state index is 5.56. The van der Waals surface area contributed by atoms with Gasteiger partial charge in [0.25, 0.3) is 0 Å². The average molecular weight is 231 g/mol. The third-order valence-corrected chi connectivity index (χ3v) is 2.87. The van der Waals surface area contributed by atoms with E-state index < -0.39 is 0 Å². The van der Waals surface area contributed by atoms with Crippen molar-refractivity contribution in [3.8, 4) is 5.75 Å². The summed E-state index contributed by atoms with van der Waals surface area (Å²) in [5, 5.41) is 0. The lowest BCUT2D eigenvalue weighted by atomic mass is 10.3. The lowest BCUT2D eigenvalue weighted by Gasteiger charge is -2.05. The SMILES string of the molecule is CSc1ccc(OCCCCCl)cc1. The molecule has 0 saturated heterocycles. The maximum Gasteiger partial charge on any atom is 0.119 e. The zero-order valence-electron chi connectivity index (χ0n) is 8.33. The van der Waals surface area contributed by atoms with Gasteiger partial charge in [0.05, 0.1) is 6.61 Å². The van der Waals surface area contributed by atoms with Crippen LogP contribution in [-0.4, -0.2) is 18.7 Å². The summed E-state index contributed by atoms with van der Waals surface area (Å²) >= 11 is 7.30. The lowest BCUT2D eigenvalue weighted by molar-refractivity contribution is 0.309. The first kappa shape index (κ1) is 11.7. The lowest BCUT2D eigenvalue weighted by Crippen LogP contribution is -1.97. The Hall–Kier alpha value is -0.340. The summed E-state index contributed by atoms with van der Waals surface area (Å²) in [4.78, 5) is 1.26. The molecule has 78 valence electrons. The molecular weight excluding hydrogens is 216 g/mol. The van der Waals surface area contributed by atoms with Crippen molar-refractivity contribution in [1.82, 2.24) is 0 Å². The van der Waals surface area contributed by atoms with Crippen molar-refractivity contribution < 1.29 is 4.74 Å². The fourth-order valence-corrected chi connectivity index (χ4v) is 1.66. The molecule has 0 aliphatic heterocycles. The molecule has 0 aliphatic rings. The molecule has 0 aliphatic carbocycles. The van der Waals surface area contributed by atoms with Crippen molar-refractivity contribution in [3.05, 3.63) is 24.3 Å². The number of unbranched alkanes of at least 4 members (excludes halogenated alkanes) is 1. The molecule has 3 heteroatoms. The molecule has 0 N–H and O–H groups in total. The van der Waals surface area contributed by atoms with Gasteiger partial charge in [0.15, 0.2) is 0 Å². The molecule has 0 fully saturated rings. The summed E-state index contributed by atoms with van der Waals surface area (Å²) in [6.45, 7) is 0.755. The second-order valence-electron chi connectivity index (χ2n) is 2.92. The second kappa shape index (κ2) is 7.02. The first-order valence-electron chi connectivity index (χ1n) is 4.69. The molecule has 0 amide bonds. The van der Waals surface area contributed by atoms with Crippen molar-refractivity contribution >= 4 is 23.4 Å². The number of hydrogen-bond acceptors (Lipinski definition) is 2. The van der Waals surface area contributed by atoms with Crippen LogP contribution in [0.3, 0.4) is 0 Å². The van der Waals surface area contributed by atoms with E-state index in [1.165, 1.54) is 4.90 Å². The Balaban J connectivity index is 2.29. The van der Waals surface area contributed by atoms with Gasteiger partial charge >= 0.3 is 0 Å². The van der Waals surface area contributed by atoms with Gasteiger partial charge in [-0.2, -0.15) is 0 Å². The van der Waals surface area contributed by atoms with Crippen LogP contribution in [0, 0.1) is 0 Å². The highest BCUT2D eigenvalue weighted by Crippen LogP contribution is 2.18. The second-order valence-corrected chi connectivity index (χ2v) is 4.18. The number of benzene rings is 1. The normalized spacial score (nSPS) is 10.1. The number of thioether (sulfide) groups is 1. The van der Waals surface area contributed by atoms with E-state index in [-0.39, 0.29) is 0 Å². The predicted octanol–water partition coefficient (Wildman–Crippen LogP) is 3.81. The van der Waals surface area contributed by atoms with Gasteiger partial charge in [-0.05, 0) is 43.4 Å². The monoisotopic (exact) mass is 230 g/mol. The van der Waals surface area contributed by atoms with Crippen LogP contribution in [-0.2, 0) is 0 Å². The van der Waals surface area contributed by atoms with Crippen LogP contribution < -0.4 is 4.74 Å². The standard InChI is InChI=1S/C11H15ClOS/c1-14-11-6-4-10(5-7-11)13-9-3-2-8-12/h4-7H,2-3,8-9H2,1H3. The topological polar surface area (TPSA) is 9.23 Å². The van der Waals surface area contributed by atoms with Gasteiger partial charge in [0.1, 0.15) is 5.75 Å². The molecule has 1 nitrogen and oxygen atoms in total. The van der Waals surface area contributed by atoms with E-state index in [1.807, 2.05) is 12.1 Å². The summed E-state index contributed by atoms with van der Waals surface area (Å²) in [5.74, 6) is 1.66. The quantitative estimate of drug-likeness (QED) is 0.418. The van der Waals surface area contributed by atoms with Crippen molar-refractivity contribution in [3.63, 3.8) is 0 Å².